The Kier molecular flexibility index (Phi) is 8.50. The number of nitrogens with one attached hydrogen (secondary N) is 2. The van der Waals surface area contributed by atoms with Crippen molar-refractivity contribution in [3.05, 3.63) is 11.6 Å². The second-order valence-electron chi connectivity index (χ2n) is 7.57. The number of hydrogen-bond acceptors (Lipinski definition) is 6. The lowest BCUT2D eigenvalue weighted by atomic mass is 10.4. The SMILES string of the molecule is Cc1nnc(CN=C(NCCCOCC2CC2)NCCN2CCOCC2)n1C. The molecule has 0 radical (unpaired) electrons. The summed E-state index contributed by atoms with van der Waals surface area (Å²) in [6.45, 7) is 10.5. The third-order valence-electron chi connectivity index (χ3n) is 5.19. The molecule has 2 N–H and O–H groups in total. The largest absolute Gasteiger partial charge is 0.381 e. The van der Waals surface area contributed by atoms with E-state index >= 15 is 0 Å². The molecule has 9 nitrogen and oxygen atoms in total. The summed E-state index contributed by atoms with van der Waals surface area (Å²) in [6, 6.07) is 0. The van der Waals surface area contributed by atoms with Gasteiger partial charge in [0.15, 0.2) is 11.8 Å². The van der Waals surface area contributed by atoms with E-state index in [1.165, 1.54) is 12.8 Å². The summed E-state index contributed by atoms with van der Waals surface area (Å²) in [5.74, 6) is 3.39. The molecule has 0 spiro atoms. The summed E-state index contributed by atoms with van der Waals surface area (Å²) in [4.78, 5) is 7.10. The Balaban J connectivity index is 1.41. The first-order valence-electron chi connectivity index (χ1n) is 10.5. The molecule has 1 saturated heterocycles. The van der Waals surface area contributed by atoms with E-state index in [1.54, 1.807) is 0 Å². The van der Waals surface area contributed by atoms with Crippen LogP contribution in [-0.2, 0) is 23.1 Å². The van der Waals surface area contributed by atoms with Crippen LogP contribution in [0.2, 0.25) is 0 Å². The van der Waals surface area contributed by atoms with Crippen molar-refractivity contribution in [3.8, 4) is 0 Å². The van der Waals surface area contributed by atoms with Crippen LogP contribution in [0.15, 0.2) is 4.99 Å². The molecule has 1 saturated carbocycles. The van der Waals surface area contributed by atoms with Crippen LogP contribution in [-0.4, -0.2) is 84.8 Å². The number of guanidine groups is 1. The number of morpholine rings is 1. The monoisotopic (exact) mass is 393 g/mol. The minimum atomic E-state index is 0.502. The van der Waals surface area contributed by atoms with E-state index in [-0.39, 0.29) is 0 Å². The van der Waals surface area contributed by atoms with E-state index in [0.717, 1.165) is 89.1 Å². The Morgan fingerprint density at radius 1 is 1.21 bits per heavy atom. The van der Waals surface area contributed by atoms with Crippen molar-refractivity contribution < 1.29 is 9.47 Å². The predicted molar refractivity (Wildman–Crippen MR) is 108 cm³/mol. The molecule has 1 aromatic rings. The van der Waals surface area contributed by atoms with Gasteiger partial charge in [0.25, 0.3) is 0 Å². The lowest BCUT2D eigenvalue weighted by molar-refractivity contribution is 0.0389. The van der Waals surface area contributed by atoms with Gasteiger partial charge in [0, 0.05) is 53.0 Å². The van der Waals surface area contributed by atoms with Gasteiger partial charge in [0.1, 0.15) is 12.4 Å². The van der Waals surface area contributed by atoms with Gasteiger partial charge >= 0.3 is 0 Å². The zero-order chi connectivity index (χ0) is 19.6. The number of rotatable bonds is 11. The zero-order valence-corrected chi connectivity index (χ0v) is 17.3. The van der Waals surface area contributed by atoms with Gasteiger partial charge in [-0.15, -0.1) is 10.2 Å². The molecule has 0 bridgehead atoms. The third kappa shape index (κ3) is 7.37. The average Bonchev–Trinajstić information content (AvgIpc) is 3.49. The zero-order valence-electron chi connectivity index (χ0n) is 17.3. The molecule has 2 fully saturated rings. The Labute approximate surface area is 167 Å². The lowest BCUT2D eigenvalue weighted by Crippen LogP contribution is -2.44. The highest BCUT2D eigenvalue weighted by Gasteiger charge is 2.20. The molecular weight excluding hydrogens is 358 g/mol. The van der Waals surface area contributed by atoms with Gasteiger partial charge in [-0.2, -0.15) is 0 Å². The molecule has 28 heavy (non-hydrogen) atoms. The summed E-state index contributed by atoms with van der Waals surface area (Å²) in [7, 11) is 1.97. The van der Waals surface area contributed by atoms with Gasteiger partial charge in [0.05, 0.1) is 13.2 Å². The van der Waals surface area contributed by atoms with Crippen LogP contribution >= 0.6 is 0 Å². The van der Waals surface area contributed by atoms with Crippen LogP contribution in [0.4, 0.5) is 0 Å². The van der Waals surface area contributed by atoms with E-state index in [1.807, 2.05) is 18.5 Å². The molecule has 9 heteroatoms. The summed E-state index contributed by atoms with van der Waals surface area (Å²) in [5.41, 5.74) is 0. The van der Waals surface area contributed by atoms with Gasteiger partial charge in [-0.05, 0) is 32.1 Å². The fourth-order valence-corrected chi connectivity index (χ4v) is 2.99. The molecule has 2 heterocycles. The highest BCUT2D eigenvalue weighted by Crippen LogP contribution is 2.28. The van der Waals surface area contributed by atoms with Crippen LogP contribution in [0.25, 0.3) is 0 Å². The molecule has 1 aliphatic carbocycles. The minimum absolute atomic E-state index is 0.502. The van der Waals surface area contributed by atoms with E-state index in [0.29, 0.717) is 6.54 Å². The quantitative estimate of drug-likeness (QED) is 0.318. The van der Waals surface area contributed by atoms with Crippen LogP contribution in [0.5, 0.6) is 0 Å². The summed E-state index contributed by atoms with van der Waals surface area (Å²) in [6.07, 6.45) is 3.65. The number of hydrogen-bond donors (Lipinski definition) is 2. The van der Waals surface area contributed by atoms with Crippen LogP contribution in [0, 0.1) is 12.8 Å². The minimum Gasteiger partial charge on any atom is -0.381 e. The number of aryl methyl sites for hydroxylation is 1. The normalized spacial score (nSPS) is 18.4. The van der Waals surface area contributed by atoms with Crippen molar-refractivity contribution in [1.82, 2.24) is 30.3 Å². The van der Waals surface area contributed by atoms with Crippen molar-refractivity contribution >= 4 is 5.96 Å². The molecule has 3 rings (SSSR count). The smallest absolute Gasteiger partial charge is 0.191 e. The van der Waals surface area contributed by atoms with E-state index in [4.69, 9.17) is 14.5 Å². The molecular formula is C19H35N7O2. The summed E-state index contributed by atoms with van der Waals surface area (Å²) in [5, 5.41) is 15.1. The fourth-order valence-electron chi connectivity index (χ4n) is 2.99. The predicted octanol–water partition coefficient (Wildman–Crippen LogP) is 0.308. The van der Waals surface area contributed by atoms with E-state index < -0.39 is 0 Å². The molecule has 1 aliphatic heterocycles. The van der Waals surface area contributed by atoms with E-state index in [2.05, 4.69) is 25.7 Å². The molecule has 0 aromatic carbocycles. The first-order valence-corrected chi connectivity index (χ1v) is 10.5. The Hall–Kier alpha value is -1.71. The van der Waals surface area contributed by atoms with Crippen LogP contribution < -0.4 is 10.6 Å². The molecule has 0 amide bonds. The number of aromatic nitrogens is 3. The van der Waals surface area contributed by atoms with Crippen LogP contribution in [0.3, 0.4) is 0 Å². The topological polar surface area (TPSA) is 88.8 Å². The van der Waals surface area contributed by atoms with Crippen molar-refractivity contribution in [2.75, 3.05) is 59.2 Å². The molecule has 0 unspecified atom stereocenters. The van der Waals surface area contributed by atoms with Gasteiger partial charge in [-0.25, -0.2) is 4.99 Å². The van der Waals surface area contributed by atoms with Gasteiger partial charge in [-0.1, -0.05) is 0 Å². The second kappa shape index (κ2) is 11.3. The summed E-state index contributed by atoms with van der Waals surface area (Å²) < 4.78 is 13.1. The standard InChI is InChI=1S/C19H35N7O2/c1-16-23-24-18(25(16)2)14-22-19(20-6-3-11-28-15-17-4-5-17)21-7-8-26-9-12-27-13-10-26/h17H,3-15H2,1-2H3,(H2,20,21,22). The maximum absolute atomic E-state index is 5.71. The Morgan fingerprint density at radius 2 is 2.00 bits per heavy atom. The highest BCUT2D eigenvalue weighted by molar-refractivity contribution is 5.79. The third-order valence-corrected chi connectivity index (χ3v) is 5.19. The molecule has 0 atom stereocenters. The summed E-state index contributed by atoms with van der Waals surface area (Å²) >= 11 is 0. The van der Waals surface area contributed by atoms with Crippen LogP contribution in [0.1, 0.15) is 30.9 Å². The molecule has 1 aromatic heterocycles. The maximum Gasteiger partial charge on any atom is 0.191 e. The van der Waals surface area contributed by atoms with Crippen molar-refractivity contribution in [2.45, 2.75) is 32.7 Å². The van der Waals surface area contributed by atoms with Crippen molar-refractivity contribution in [2.24, 2.45) is 18.0 Å². The number of aliphatic imine (C=N–C) groups is 1. The average molecular weight is 394 g/mol. The first-order chi connectivity index (χ1) is 13.7. The fraction of sp³-hybridized carbons (Fsp3) is 0.842. The van der Waals surface area contributed by atoms with Gasteiger partial charge in [0.2, 0.25) is 0 Å². The molecule has 158 valence electrons. The van der Waals surface area contributed by atoms with E-state index in [9.17, 15) is 0 Å². The Bertz CT molecular complexity index is 609. The molecule has 2 aliphatic rings. The van der Waals surface area contributed by atoms with Gasteiger partial charge < -0.3 is 24.7 Å². The van der Waals surface area contributed by atoms with Crippen molar-refractivity contribution in [3.63, 3.8) is 0 Å². The Morgan fingerprint density at radius 3 is 2.71 bits per heavy atom. The maximum atomic E-state index is 5.71. The number of ether oxygens (including phenoxy) is 2. The van der Waals surface area contributed by atoms with Gasteiger partial charge in [-0.3, -0.25) is 4.90 Å². The first kappa shape index (κ1) is 21.0. The van der Waals surface area contributed by atoms with Crippen molar-refractivity contribution in [1.29, 1.82) is 0 Å². The number of nitrogens with zero attached hydrogens (tertiary/aromatic N) is 5. The lowest BCUT2D eigenvalue weighted by Gasteiger charge is -2.26. The second-order valence-corrected chi connectivity index (χ2v) is 7.57. The highest BCUT2D eigenvalue weighted by atomic mass is 16.5.